The summed E-state index contributed by atoms with van der Waals surface area (Å²) in [6, 6.07) is 0. The Hall–Kier alpha value is -0.160. The first kappa shape index (κ1) is 18.2. The second kappa shape index (κ2) is 7.46. The Morgan fingerprint density at radius 2 is 1.24 bits per heavy atom. The lowest BCUT2D eigenvalue weighted by Crippen LogP contribution is -2.24. The Morgan fingerprint density at radius 1 is 0.760 bits per heavy atom. The van der Waals surface area contributed by atoms with Crippen molar-refractivity contribution < 1.29 is 18.9 Å². The first-order valence-corrected chi connectivity index (χ1v) is 10.6. The van der Waals surface area contributed by atoms with Crippen LogP contribution in [-0.2, 0) is 18.9 Å². The number of unbranched alkanes of at least 4 members (excludes halogenated alkanes) is 2. The Kier molecular flexibility index (Phi) is 5.43. The molecule has 0 aromatic rings. The summed E-state index contributed by atoms with van der Waals surface area (Å²) in [6.07, 6.45) is 12.0. The summed E-state index contributed by atoms with van der Waals surface area (Å²) in [6.45, 7) is 8.16. The molecule has 4 rings (SSSR count). The van der Waals surface area contributed by atoms with E-state index in [1.807, 2.05) is 0 Å². The van der Waals surface area contributed by atoms with Gasteiger partial charge in [-0.1, -0.05) is 0 Å². The molecule has 2 aliphatic heterocycles. The average molecular weight is 353 g/mol. The zero-order valence-corrected chi connectivity index (χ0v) is 16.1. The van der Waals surface area contributed by atoms with Crippen LogP contribution in [0.15, 0.2) is 0 Å². The van der Waals surface area contributed by atoms with Gasteiger partial charge in [0.2, 0.25) is 0 Å². The van der Waals surface area contributed by atoms with E-state index in [0.29, 0.717) is 12.2 Å². The third kappa shape index (κ3) is 4.58. The van der Waals surface area contributed by atoms with Gasteiger partial charge < -0.3 is 18.9 Å². The standard InChI is InChI=1S/C21H36O4/c1-20-8-6-16(12-18(20)24-20)14-22-10-4-3-5-11-23-15-17-7-9-21(2)19(13-17)25-21/h16-19H,3-15H2,1-2H3. The highest BCUT2D eigenvalue weighted by atomic mass is 16.6. The van der Waals surface area contributed by atoms with Crippen LogP contribution in [0, 0.1) is 11.8 Å². The molecule has 144 valence electrons. The van der Waals surface area contributed by atoms with Crippen molar-refractivity contribution in [1.82, 2.24) is 0 Å². The minimum absolute atomic E-state index is 0.236. The van der Waals surface area contributed by atoms with E-state index >= 15 is 0 Å². The van der Waals surface area contributed by atoms with Crippen LogP contribution in [0.25, 0.3) is 0 Å². The van der Waals surface area contributed by atoms with E-state index in [0.717, 1.165) is 51.1 Å². The molecule has 4 heteroatoms. The van der Waals surface area contributed by atoms with Crippen molar-refractivity contribution in [2.24, 2.45) is 11.8 Å². The normalized spacial score (nSPS) is 44.9. The van der Waals surface area contributed by atoms with Crippen LogP contribution in [0.4, 0.5) is 0 Å². The second-order valence-corrected chi connectivity index (χ2v) is 9.33. The van der Waals surface area contributed by atoms with Crippen LogP contribution in [0.3, 0.4) is 0 Å². The lowest BCUT2D eigenvalue weighted by atomic mass is 9.83. The highest BCUT2D eigenvalue weighted by Gasteiger charge is 2.55. The predicted octanol–water partition coefficient (Wildman–Crippen LogP) is 4.11. The number of hydrogen-bond acceptors (Lipinski definition) is 4. The lowest BCUT2D eigenvalue weighted by Gasteiger charge is -2.22. The van der Waals surface area contributed by atoms with E-state index in [2.05, 4.69) is 13.8 Å². The highest BCUT2D eigenvalue weighted by Crippen LogP contribution is 2.49. The van der Waals surface area contributed by atoms with Crippen LogP contribution in [0.2, 0.25) is 0 Å². The summed E-state index contributed by atoms with van der Waals surface area (Å²) in [5.41, 5.74) is 0.471. The minimum Gasteiger partial charge on any atom is -0.381 e. The van der Waals surface area contributed by atoms with Gasteiger partial charge in [-0.3, -0.25) is 0 Å². The van der Waals surface area contributed by atoms with Gasteiger partial charge in [-0.2, -0.15) is 0 Å². The number of epoxide rings is 2. The van der Waals surface area contributed by atoms with Gasteiger partial charge in [-0.05, 0) is 83.5 Å². The maximum atomic E-state index is 5.89. The average Bonchev–Trinajstić information content (AvgIpc) is 3.46. The van der Waals surface area contributed by atoms with Crippen LogP contribution in [0.5, 0.6) is 0 Å². The van der Waals surface area contributed by atoms with Gasteiger partial charge in [-0.25, -0.2) is 0 Å². The number of hydrogen-bond donors (Lipinski definition) is 0. The molecule has 0 amide bonds. The van der Waals surface area contributed by atoms with E-state index in [4.69, 9.17) is 18.9 Å². The van der Waals surface area contributed by atoms with Crippen molar-refractivity contribution in [3.8, 4) is 0 Å². The molecule has 6 unspecified atom stereocenters. The molecule has 25 heavy (non-hydrogen) atoms. The molecule has 2 saturated heterocycles. The van der Waals surface area contributed by atoms with Crippen LogP contribution >= 0.6 is 0 Å². The van der Waals surface area contributed by atoms with Gasteiger partial charge in [-0.15, -0.1) is 0 Å². The summed E-state index contributed by atoms with van der Waals surface area (Å²) < 4.78 is 23.3. The third-order valence-electron chi connectivity index (χ3n) is 7.05. The zero-order chi connectivity index (χ0) is 17.3. The van der Waals surface area contributed by atoms with Crippen LogP contribution < -0.4 is 0 Å². The summed E-state index contributed by atoms with van der Waals surface area (Å²) in [5, 5.41) is 0. The molecule has 0 N–H and O–H groups in total. The van der Waals surface area contributed by atoms with Gasteiger partial charge in [0.15, 0.2) is 0 Å². The fraction of sp³-hybridized carbons (Fsp3) is 1.00. The fourth-order valence-electron chi connectivity index (χ4n) is 4.83. The topological polar surface area (TPSA) is 43.5 Å². The quantitative estimate of drug-likeness (QED) is 0.438. The Bertz CT molecular complexity index is 415. The van der Waals surface area contributed by atoms with Crippen molar-refractivity contribution in [3.63, 3.8) is 0 Å². The van der Waals surface area contributed by atoms with E-state index in [1.54, 1.807) is 0 Å². The largest absolute Gasteiger partial charge is 0.381 e. The van der Waals surface area contributed by atoms with Crippen molar-refractivity contribution >= 4 is 0 Å². The summed E-state index contributed by atoms with van der Waals surface area (Å²) >= 11 is 0. The van der Waals surface area contributed by atoms with Gasteiger partial charge in [0, 0.05) is 26.4 Å². The highest BCUT2D eigenvalue weighted by molar-refractivity contribution is 5.04. The molecule has 0 aromatic carbocycles. The van der Waals surface area contributed by atoms with Crippen LogP contribution in [-0.4, -0.2) is 49.8 Å². The van der Waals surface area contributed by atoms with Gasteiger partial charge >= 0.3 is 0 Å². The molecular weight excluding hydrogens is 316 g/mol. The fourth-order valence-corrected chi connectivity index (χ4v) is 4.83. The lowest BCUT2D eigenvalue weighted by molar-refractivity contribution is 0.0720. The van der Waals surface area contributed by atoms with Gasteiger partial charge in [0.05, 0.1) is 23.4 Å². The molecule has 2 aliphatic carbocycles. The SMILES string of the molecule is CC12CCC(COCCCCCOCC3CCC4(C)OC4C3)CC1O2. The van der Waals surface area contributed by atoms with Crippen LogP contribution in [0.1, 0.15) is 71.6 Å². The maximum absolute atomic E-state index is 5.89. The Labute approximate surface area is 152 Å². The number of ether oxygens (including phenoxy) is 4. The Morgan fingerprint density at radius 3 is 1.68 bits per heavy atom. The molecule has 4 fully saturated rings. The van der Waals surface area contributed by atoms with E-state index in [-0.39, 0.29) is 11.2 Å². The molecule has 0 radical (unpaired) electrons. The van der Waals surface area contributed by atoms with E-state index in [9.17, 15) is 0 Å². The predicted molar refractivity (Wildman–Crippen MR) is 96.7 cm³/mol. The van der Waals surface area contributed by atoms with Crippen molar-refractivity contribution in [1.29, 1.82) is 0 Å². The molecule has 0 spiro atoms. The van der Waals surface area contributed by atoms with E-state index in [1.165, 1.54) is 44.9 Å². The smallest absolute Gasteiger partial charge is 0.0920 e. The Balaban J connectivity index is 0.939. The molecule has 0 bridgehead atoms. The molecule has 6 atom stereocenters. The third-order valence-corrected chi connectivity index (χ3v) is 7.05. The molecule has 0 aromatic heterocycles. The van der Waals surface area contributed by atoms with Crippen molar-refractivity contribution in [3.05, 3.63) is 0 Å². The number of rotatable bonds is 10. The summed E-state index contributed by atoms with van der Waals surface area (Å²) in [4.78, 5) is 0. The minimum atomic E-state index is 0.236. The van der Waals surface area contributed by atoms with Gasteiger partial charge in [0.25, 0.3) is 0 Å². The van der Waals surface area contributed by atoms with Crippen molar-refractivity contribution in [2.45, 2.75) is 95.0 Å². The van der Waals surface area contributed by atoms with E-state index < -0.39 is 0 Å². The maximum Gasteiger partial charge on any atom is 0.0920 e. The number of fused-ring (bicyclic) bond motifs is 2. The molecule has 4 aliphatic rings. The molecule has 4 nitrogen and oxygen atoms in total. The first-order chi connectivity index (χ1) is 12.1. The summed E-state index contributed by atoms with van der Waals surface area (Å²) in [5.74, 6) is 1.44. The molecule has 2 saturated carbocycles. The van der Waals surface area contributed by atoms with Crippen molar-refractivity contribution in [2.75, 3.05) is 26.4 Å². The second-order valence-electron chi connectivity index (χ2n) is 9.33. The van der Waals surface area contributed by atoms with Gasteiger partial charge in [0.1, 0.15) is 0 Å². The monoisotopic (exact) mass is 352 g/mol. The molecule has 2 heterocycles. The zero-order valence-electron chi connectivity index (χ0n) is 16.1. The first-order valence-electron chi connectivity index (χ1n) is 10.6. The molecular formula is C21H36O4. The summed E-state index contributed by atoms with van der Waals surface area (Å²) in [7, 11) is 0.